The third kappa shape index (κ3) is 3.95. The summed E-state index contributed by atoms with van der Waals surface area (Å²) in [7, 11) is 3.68. The van der Waals surface area contributed by atoms with Gasteiger partial charge < -0.3 is 20.3 Å². The van der Waals surface area contributed by atoms with Gasteiger partial charge in [0.25, 0.3) is 0 Å². The zero-order valence-electron chi connectivity index (χ0n) is 12.9. The Morgan fingerprint density at radius 1 is 1.38 bits per heavy atom. The van der Waals surface area contributed by atoms with Gasteiger partial charge in [-0.2, -0.15) is 0 Å². The minimum Gasteiger partial charge on any atom is -0.383 e. The van der Waals surface area contributed by atoms with Crippen molar-refractivity contribution in [2.45, 2.75) is 24.9 Å². The summed E-state index contributed by atoms with van der Waals surface area (Å²) in [5.74, 6) is -0.00216. The molecule has 1 aromatic rings. The molecule has 116 valence electrons. The molecule has 1 saturated heterocycles. The van der Waals surface area contributed by atoms with Gasteiger partial charge >= 0.3 is 0 Å². The van der Waals surface area contributed by atoms with Crippen LogP contribution in [-0.4, -0.2) is 56.7 Å². The number of piperidine rings is 1. The summed E-state index contributed by atoms with van der Waals surface area (Å²) in [6.07, 6.45) is 1.94. The molecular formula is C16H25N3O2. The van der Waals surface area contributed by atoms with Crippen molar-refractivity contribution in [3.05, 3.63) is 30.3 Å². The second-order valence-electron chi connectivity index (χ2n) is 5.56. The summed E-state index contributed by atoms with van der Waals surface area (Å²) in [5, 5.41) is 0. The van der Waals surface area contributed by atoms with Gasteiger partial charge in [-0.1, -0.05) is 18.2 Å². The van der Waals surface area contributed by atoms with Crippen molar-refractivity contribution >= 4 is 11.6 Å². The van der Waals surface area contributed by atoms with Crippen LogP contribution in [-0.2, 0) is 9.53 Å². The molecule has 5 nitrogen and oxygen atoms in total. The smallest absolute Gasteiger partial charge is 0.241 e. The van der Waals surface area contributed by atoms with E-state index in [2.05, 4.69) is 24.1 Å². The Balaban J connectivity index is 1.87. The van der Waals surface area contributed by atoms with Crippen molar-refractivity contribution in [3.63, 3.8) is 0 Å². The Hall–Kier alpha value is -1.59. The Bertz CT molecular complexity index is 444. The fraction of sp³-hybridized carbons (Fsp3) is 0.562. The van der Waals surface area contributed by atoms with Gasteiger partial charge in [0, 0.05) is 39.0 Å². The van der Waals surface area contributed by atoms with E-state index in [1.807, 2.05) is 23.1 Å². The quantitative estimate of drug-likeness (QED) is 0.882. The predicted octanol–water partition coefficient (Wildman–Crippen LogP) is 1.09. The van der Waals surface area contributed by atoms with Crippen LogP contribution in [0.25, 0.3) is 0 Å². The number of likely N-dealkylation sites (tertiary alicyclic amines) is 1. The van der Waals surface area contributed by atoms with Gasteiger partial charge in [-0.05, 0) is 25.0 Å². The lowest BCUT2D eigenvalue weighted by molar-refractivity contribution is -0.134. The largest absolute Gasteiger partial charge is 0.383 e. The van der Waals surface area contributed by atoms with Crippen LogP contribution in [0.4, 0.5) is 5.69 Å². The fourth-order valence-electron chi connectivity index (χ4n) is 2.83. The lowest BCUT2D eigenvalue weighted by Crippen LogP contribution is -2.51. The molecule has 1 aliphatic rings. The molecule has 1 aliphatic heterocycles. The Morgan fingerprint density at radius 2 is 2.00 bits per heavy atom. The van der Waals surface area contributed by atoms with Crippen molar-refractivity contribution in [3.8, 4) is 0 Å². The van der Waals surface area contributed by atoms with Gasteiger partial charge in [0.1, 0.15) is 6.04 Å². The highest BCUT2D eigenvalue weighted by Crippen LogP contribution is 2.22. The number of nitrogens with two attached hydrogens (primary N) is 1. The number of benzene rings is 1. The van der Waals surface area contributed by atoms with Crippen molar-refractivity contribution in [1.82, 2.24) is 4.90 Å². The molecule has 0 aliphatic carbocycles. The number of methoxy groups -OCH3 is 1. The Kier molecular flexibility index (Phi) is 5.59. The number of hydrogen-bond donors (Lipinski definition) is 1. The standard InChI is InChI=1S/C16H25N3O2/c1-18(13-6-4-3-5-7-13)14-8-10-19(11-9-14)16(20)15(17)12-21-2/h3-7,14-15H,8-12,17H2,1-2H3. The van der Waals surface area contributed by atoms with Crippen LogP contribution in [0.15, 0.2) is 30.3 Å². The number of para-hydroxylation sites is 1. The van der Waals surface area contributed by atoms with Crippen LogP contribution in [0.3, 0.4) is 0 Å². The van der Waals surface area contributed by atoms with Crippen LogP contribution in [0.5, 0.6) is 0 Å². The third-order valence-corrected chi connectivity index (χ3v) is 4.15. The molecule has 1 fully saturated rings. The molecule has 0 saturated carbocycles. The molecule has 0 bridgehead atoms. The molecule has 1 atom stereocenters. The minimum absolute atomic E-state index is 0.00216. The first-order valence-electron chi connectivity index (χ1n) is 7.44. The van der Waals surface area contributed by atoms with E-state index in [0.29, 0.717) is 6.04 Å². The Labute approximate surface area is 126 Å². The highest BCUT2D eigenvalue weighted by molar-refractivity contribution is 5.81. The SMILES string of the molecule is COCC(N)C(=O)N1CCC(N(C)c2ccccc2)CC1. The van der Waals surface area contributed by atoms with Crippen molar-refractivity contribution < 1.29 is 9.53 Å². The zero-order chi connectivity index (χ0) is 15.2. The number of amides is 1. The van der Waals surface area contributed by atoms with Crippen LogP contribution >= 0.6 is 0 Å². The maximum atomic E-state index is 12.1. The molecule has 5 heteroatoms. The molecule has 0 aromatic heterocycles. The summed E-state index contributed by atoms with van der Waals surface area (Å²) in [4.78, 5) is 16.3. The number of carbonyl (C=O) groups is 1. The molecule has 21 heavy (non-hydrogen) atoms. The van der Waals surface area contributed by atoms with Crippen LogP contribution in [0, 0.1) is 0 Å². The number of nitrogens with zero attached hydrogens (tertiary/aromatic N) is 2. The molecule has 1 aromatic carbocycles. The van der Waals surface area contributed by atoms with E-state index in [0.717, 1.165) is 25.9 Å². The molecule has 0 spiro atoms. The first kappa shape index (κ1) is 15.8. The van der Waals surface area contributed by atoms with Gasteiger partial charge in [0.05, 0.1) is 6.61 Å². The summed E-state index contributed by atoms with van der Waals surface area (Å²) < 4.78 is 4.95. The number of carbonyl (C=O) groups excluding carboxylic acids is 1. The summed E-state index contributed by atoms with van der Waals surface area (Å²) in [6, 6.07) is 10.3. The normalized spacial score (nSPS) is 17.6. The molecule has 2 rings (SSSR count). The van der Waals surface area contributed by atoms with Gasteiger partial charge in [-0.25, -0.2) is 0 Å². The van der Waals surface area contributed by atoms with Crippen LogP contribution < -0.4 is 10.6 Å². The average molecular weight is 291 g/mol. The molecular weight excluding hydrogens is 266 g/mol. The number of anilines is 1. The second kappa shape index (κ2) is 7.43. The minimum atomic E-state index is -0.543. The monoisotopic (exact) mass is 291 g/mol. The number of hydrogen-bond acceptors (Lipinski definition) is 4. The van der Waals surface area contributed by atoms with Crippen LogP contribution in [0.1, 0.15) is 12.8 Å². The first-order valence-corrected chi connectivity index (χ1v) is 7.44. The summed E-state index contributed by atoms with van der Waals surface area (Å²) in [5.41, 5.74) is 7.04. The van der Waals surface area contributed by atoms with E-state index >= 15 is 0 Å². The van der Waals surface area contributed by atoms with E-state index in [1.165, 1.54) is 5.69 Å². The first-order chi connectivity index (χ1) is 10.1. The number of ether oxygens (including phenoxy) is 1. The fourth-order valence-corrected chi connectivity index (χ4v) is 2.83. The van der Waals surface area contributed by atoms with E-state index < -0.39 is 6.04 Å². The summed E-state index contributed by atoms with van der Waals surface area (Å²) >= 11 is 0. The maximum Gasteiger partial charge on any atom is 0.241 e. The summed E-state index contributed by atoms with van der Waals surface area (Å²) in [6.45, 7) is 1.80. The molecule has 1 unspecified atom stereocenters. The van der Waals surface area contributed by atoms with Gasteiger partial charge in [0.2, 0.25) is 5.91 Å². The van der Waals surface area contributed by atoms with Gasteiger partial charge in [0.15, 0.2) is 0 Å². The van der Waals surface area contributed by atoms with Crippen molar-refractivity contribution in [2.75, 3.05) is 38.8 Å². The highest BCUT2D eigenvalue weighted by Gasteiger charge is 2.28. The number of rotatable bonds is 5. The molecule has 0 radical (unpaired) electrons. The second-order valence-corrected chi connectivity index (χ2v) is 5.56. The average Bonchev–Trinajstić information content (AvgIpc) is 2.54. The third-order valence-electron chi connectivity index (χ3n) is 4.15. The molecule has 2 N–H and O–H groups in total. The van der Waals surface area contributed by atoms with Gasteiger partial charge in [-0.15, -0.1) is 0 Å². The van der Waals surface area contributed by atoms with E-state index in [9.17, 15) is 4.79 Å². The highest BCUT2D eigenvalue weighted by atomic mass is 16.5. The topological polar surface area (TPSA) is 58.8 Å². The molecule has 1 heterocycles. The van der Waals surface area contributed by atoms with Gasteiger partial charge in [-0.3, -0.25) is 4.79 Å². The van der Waals surface area contributed by atoms with Crippen LogP contribution in [0.2, 0.25) is 0 Å². The predicted molar refractivity (Wildman–Crippen MR) is 84.3 cm³/mol. The molecule has 1 amide bonds. The maximum absolute atomic E-state index is 12.1. The van der Waals surface area contributed by atoms with Crippen molar-refractivity contribution in [2.24, 2.45) is 5.73 Å². The van der Waals surface area contributed by atoms with E-state index in [4.69, 9.17) is 10.5 Å². The lowest BCUT2D eigenvalue weighted by atomic mass is 10.0. The zero-order valence-corrected chi connectivity index (χ0v) is 12.9. The van der Waals surface area contributed by atoms with Crippen molar-refractivity contribution in [1.29, 1.82) is 0 Å². The Morgan fingerprint density at radius 3 is 2.57 bits per heavy atom. The lowest BCUT2D eigenvalue weighted by Gasteiger charge is -2.38. The van der Waals surface area contributed by atoms with E-state index in [1.54, 1.807) is 7.11 Å². The van der Waals surface area contributed by atoms with E-state index in [-0.39, 0.29) is 12.5 Å².